The molecule has 0 amide bonds. The van der Waals surface area contributed by atoms with Crippen molar-refractivity contribution in [1.29, 1.82) is 0 Å². The van der Waals surface area contributed by atoms with Crippen molar-refractivity contribution in [2.45, 2.75) is 27.2 Å². The van der Waals surface area contributed by atoms with Crippen LogP contribution in [0.2, 0.25) is 0 Å². The van der Waals surface area contributed by atoms with Crippen LogP contribution in [-0.2, 0) is 11.2 Å². The fraction of sp³-hybridized carbons (Fsp3) is 0.308. The second kappa shape index (κ2) is 5.13. The van der Waals surface area contributed by atoms with Gasteiger partial charge in [-0.25, -0.2) is 9.67 Å². The number of aliphatic carboxylic acids is 1. The van der Waals surface area contributed by atoms with Crippen molar-refractivity contribution < 1.29 is 9.90 Å². The van der Waals surface area contributed by atoms with Gasteiger partial charge in [-0.3, -0.25) is 4.79 Å². The molecular formula is C13H14BrN3O2. The van der Waals surface area contributed by atoms with Gasteiger partial charge in [0.2, 0.25) is 0 Å². The van der Waals surface area contributed by atoms with Crippen LogP contribution in [0.5, 0.6) is 0 Å². The Kier molecular flexibility index (Phi) is 3.71. The van der Waals surface area contributed by atoms with Gasteiger partial charge in [-0.2, -0.15) is 5.10 Å². The molecule has 100 valence electrons. The average Bonchev–Trinajstić information content (AvgIpc) is 2.60. The average molecular weight is 324 g/mol. The first-order valence-corrected chi connectivity index (χ1v) is 6.60. The van der Waals surface area contributed by atoms with Crippen LogP contribution >= 0.6 is 15.9 Å². The van der Waals surface area contributed by atoms with Crippen LogP contribution in [0.25, 0.3) is 5.82 Å². The zero-order valence-corrected chi connectivity index (χ0v) is 12.5. The predicted octanol–water partition coefficient (Wildman–Crippen LogP) is 2.58. The minimum absolute atomic E-state index is 0.0207. The lowest BCUT2D eigenvalue weighted by atomic mass is 10.1. The van der Waals surface area contributed by atoms with Gasteiger partial charge in [-0.05, 0) is 48.8 Å². The van der Waals surface area contributed by atoms with Gasteiger partial charge in [-0.15, -0.1) is 0 Å². The van der Waals surface area contributed by atoms with Gasteiger partial charge in [0.15, 0.2) is 5.82 Å². The lowest BCUT2D eigenvalue weighted by Crippen LogP contribution is -2.05. The highest BCUT2D eigenvalue weighted by Gasteiger charge is 2.16. The molecule has 0 saturated carbocycles. The molecule has 2 rings (SSSR count). The molecule has 5 nitrogen and oxygen atoms in total. The van der Waals surface area contributed by atoms with Gasteiger partial charge in [0.05, 0.1) is 17.8 Å². The standard InChI is InChI=1S/C13H14BrN3O2/c1-7-10(6-13(18)19)9(3)17(16-7)12-5-4-11(14)8(2)15-12/h4-5H,6H2,1-3H3,(H,18,19). The fourth-order valence-electron chi connectivity index (χ4n) is 1.95. The van der Waals surface area contributed by atoms with Gasteiger partial charge < -0.3 is 5.11 Å². The number of pyridine rings is 1. The van der Waals surface area contributed by atoms with Crippen molar-refractivity contribution in [2.75, 3.05) is 0 Å². The number of aromatic nitrogens is 3. The molecule has 2 aromatic heterocycles. The van der Waals surface area contributed by atoms with E-state index in [4.69, 9.17) is 5.11 Å². The molecular weight excluding hydrogens is 310 g/mol. The summed E-state index contributed by atoms with van der Waals surface area (Å²) in [4.78, 5) is 15.3. The third kappa shape index (κ3) is 2.68. The van der Waals surface area contributed by atoms with Crippen LogP contribution < -0.4 is 0 Å². The Morgan fingerprint density at radius 1 is 1.32 bits per heavy atom. The lowest BCUT2D eigenvalue weighted by molar-refractivity contribution is -0.136. The van der Waals surface area contributed by atoms with E-state index in [1.807, 2.05) is 32.9 Å². The molecule has 0 bridgehead atoms. The number of rotatable bonds is 3. The molecule has 0 aromatic carbocycles. The first kappa shape index (κ1) is 13.7. The number of aryl methyl sites for hydroxylation is 2. The molecule has 0 aliphatic rings. The van der Waals surface area contributed by atoms with E-state index in [1.165, 1.54) is 0 Å². The zero-order valence-electron chi connectivity index (χ0n) is 10.9. The Balaban J connectivity index is 2.51. The maximum atomic E-state index is 10.9. The number of hydrogen-bond donors (Lipinski definition) is 1. The molecule has 1 N–H and O–H groups in total. The molecule has 0 unspecified atom stereocenters. The Hall–Kier alpha value is -1.69. The predicted molar refractivity (Wildman–Crippen MR) is 74.6 cm³/mol. The SMILES string of the molecule is Cc1nc(-n2nc(C)c(CC(=O)O)c2C)ccc1Br. The summed E-state index contributed by atoms with van der Waals surface area (Å²) >= 11 is 3.40. The molecule has 6 heteroatoms. The summed E-state index contributed by atoms with van der Waals surface area (Å²) in [5.41, 5.74) is 3.15. The summed E-state index contributed by atoms with van der Waals surface area (Å²) in [6.07, 6.45) is -0.0207. The second-order valence-corrected chi connectivity index (χ2v) is 5.22. The Bertz CT molecular complexity index is 650. The maximum absolute atomic E-state index is 10.9. The smallest absolute Gasteiger partial charge is 0.307 e. The number of carbonyl (C=O) groups is 1. The van der Waals surface area contributed by atoms with E-state index in [1.54, 1.807) is 4.68 Å². The van der Waals surface area contributed by atoms with Gasteiger partial charge >= 0.3 is 5.97 Å². The molecule has 0 saturated heterocycles. The minimum Gasteiger partial charge on any atom is -0.481 e. The van der Waals surface area contributed by atoms with E-state index in [0.29, 0.717) is 5.82 Å². The van der Waals surface area contributed by atoms with Gasteiger partial charge in [0, 0.05) is 15.7 Å². The second-order valence-electron chi connectivity index (χ2n) is 4.37. The fourth-order valence-corrected chi connectivity index (χ4v) is 2.17. The molecule has 0 aliphatic heterocycles. The third-order valence-corrected chi connectivity index (χ3v) is 3.83. The Morgan fingerprint density at radius 3 is 2.58 bits per heavy atom. The minimum atomic E-state index is -0.856. The van der Waals surface area contributed by atoms with E-state index in [0.717, 1.165) is 27.1 Å². The quantitative estimate of drug-likeness (QED) is 0.942. The summed E-state index contributed by atoms with van der Waals surface area (Å²) in [6, 6.07) is 3.76. The summed E-state index contributed by atoms with van der Waals surface area (Å²) in [6.45, 7) is 5.57. The molecule has 19 heavy (non-hydrogen) atoms. The van der Waals surface area contributed by atoms with Crippen LogP contribution in [0.4, 0.5) is 0 Å². The highest BCUT2D eigenvalue weighted by atomic mass is 79.9. The molecule has 2 heterocycles. The zero-order chi connectivity index (χ0) is 14.2. The summed E-state index contributed by atoms with van der Waals surface area (Å²) in [5, 5.41) is 13.3. The first-order valence-electron chi connectivity index (χ1n) is 5.80. The lowest BCUT2D eigenvalue weighted by Gasteiger charge is -2.06. The number of nitrogens with zero attached hydrogens (tertiary/aromatic N) is 3. The molecule has 2 aromatic rings. The van der Waals surface area contributed by atoms with Crippen LogP contribution in [0.1, 0.15) is 22.6 Å². The van der Waals surface area contributed by atoms with Crippen molar-refractivity contribution >= 4 is 21.9 Å². The monoisotopic (exact) mass is 323 g/mol. The van der Waals surface area contributed by atoms with Crippen molar-refractivity contribution in [1.82, 2.24) is 14.8 Å². The molecule has 0 radical (unpaired) electrons. The normalized spacial score (nSPS) is 10.7. The van der Waals surface area contributed by atoms with E-state index >= 15 is 0 Å². The van der Waals surface area contributed by atoms with Crippen LogP contribution in [-0.4, -0.2) is 25.8 Å². The third-order valence-electron chi connectivity index (χ3n) is 2.99. The van der Waals surface area contributed by atoms with E-state index in [9.17, 15) is 4.79 Å². The molecule has 0 aliphatic carbocycles. The van der Waals surface area contributed by atoms with E-state index in [-0.39, 0.29) is 6.42 Å². The van der Waals surface area contributed by atoms with Crippen molar-refractivity contribution in [2.24, 2.45) is 0 Å². The molecule has 0 spiro atoms. The largest absolute Gasteiger partial charge is 0.481 e. The number of carboxylic acids is 1. The molecule has 0 fully saturated rings. The topological polar surface area (TPSA) is 68.0 Å². The number of hydrogen-bond acceptors (Lipinski definition) is 3. The summed E-state index contributed by atoms with van der Waals surface area (Å²) < 4.78 is 2.62. The van der Waals surface area contributed by atoms with Crippen molar-refractivity contribution in [3.8, 4) is 5.82 Å². The van der Waals surface area contributed by atoms with Gasteiger partial charge in [0.25, 0.3) is 0 Å². The van der Waals surface area contributed by atoms with E-state index < -0.39 is 5.97 Å². The maximum Gasteiger partial charge on any atom is 0.307 e. The Labute approximate surface area is 119 Å². The van der Waals surface area contributed by atoms with Crippen LogP contribution in [0.15, 0.2) is 16.6 Å². The van der Waals surface area contributed by atoms with Crippen molar-refractivity contribution in [3.05, 3.63) is 39.3 Å². The number of carboxylic acid groups (broad SMARTS) is 1. The molecule has 0 atom stereocenters. The van der Waals surface area contributed by atoms with Gasteiger partial charge in [-0.1, -0.05) is 0 Å². The van der Waals surface area contributed by atoms with Crippen LogP contribution in [0, 0.1) is 20.8 Å². The highest BCUT2D eigenvalue weighted by molar-refractivity contribution is 9.10. The van der Waals surface area contributed by atoms with E-state index in [2.05, 4.69) is 26.0 Å². The van der Waals surface area contributed by atoms with Crippen molar-refractivity contribution in [3.63, 3.8) is 0 Å². The summed E-state index contributed by atoms with van der Waals surface area (Å²) in [7, 11) is 0. The number of halogens is 1. The first-order chi connectivity index (χ1) is 8.90. The van der Waals surface area contributed by atoms with Crippen LogP contribution in [0.3, 0.4) is 0 Å². The van der Waals surface area contributed by atoms with Gasteiger partial charge in [0.1, 0.15) is 0 Å². The summed E-state index contributed by atoms with van der Waals surface area (Å²) in [5.74, 6) is -0.163. The highest BCUT2D eigenvalue weighted by Crippen LogP contribution is 2.20. The Morgan fingerprint density at radius 2 is 2.00 bits per heavy atom.